The highest BCUT2D eigenvalue weighted by atomic mass is 79.9. The van der Waals surface area contributed by atoms with Gasteiger partial charge < -0.3 is 14.1 Å². The zero-order valence-corrected chi connectivity index (χ0v) is 17.7. The van der Waals surface area contributed by atoms with Crippen LogP contribution in [0.15, 0.2) is 56.1 Å². The Morgan fingerprint density at radius 2 is 1.93 bits per heavy atom. The smallest absolute Gasteiger partial charge is 0.291 e. The molecule has 2 aliphatic rings. The van der Waals surface area contributed by atoms with E-state index in [2.05, 4.69) is 15.9 Å². The summed E-state index contributed by atoms with van der Waals surface area (Å²) in [6.07, 6.45) is 1.83. The number of carbonyl (C=O) groups excluding carboxylic acids is 1. The van der Waals surface area contributed by atoms with Crippen LogP contribution < -0.4 is 5.43 Å². The van der Waals surface area contributed by atoms with Crippen LogP contribution in [0.4, 0.5) is 0 Å². The number of hydrogen-bond acceptors (Lipinski definition) is 4. The van der Waals surface area contributed by atoms with Gasteiger partial charge in [-0.2, -0.15) is 0 Å². The van der Waals surface area contributed by atoms with Crippen molar-refractivity contribution in [2.75, 3.05) is 13.2 Å². The van der Waals surface area contributed by atoms with Crippen molar-refractivity contribution >= 4 is 44.4 Å². The number of ether oxygens (including phenoxy) is 1. The van der Waals surface area contributed by atoms with E-state index in [4.69, 9.17) is 20.8 Å². The Morgan fingerprint density at radius 1 is 1.14 bits per heavy atom. The van der Waals surface area contributed by atoms with Crippen LogP contribution in [0.25, 0.3) is 11.0 Å². The molecule has 1 saturated heterocycles. The Hall–Kier alpha value is -2.15. The Morgan fingerprint density at radius 3 is 2.66 bits per heavy atom. The van der Waals surface area contributed by atoms with Crippen LogP contribution in [0.3, 0.4) is 0 Å². The predicted octanol–water partition coefficient (Wildman–Crippen LogP) is 4.93. The highest BCUT2D eigenvalue weighted by molar-refractivity contribution is 9.10. The van der Waals surface area contributed by atoms with E-state index >= 15 is 0 Å². The summed E-state index contributed by atoms with van der Waals surface area (Å²) in [4.78, 5) is 28.4. The molecule has 1 aromatic heterocycles. The van der Waals surface area contributed by atoms with Gasteiger partial charge in [-0.25, -0.2) is 0 Å². The van der Waals surface area contributed by atoms with Crippen molar-refractivity contribution < 1.29 is 13.9 Å². The van der Waals surface area contributed by atoms with E-state index in [0.717, 1.165) is 22.9 Å². The third kappa shape index (κ3) is 3.19. The number of hydrogen-bond donors (Lipinski definition) is 0. The fourth-order valence-corrected chi connectivity index (χ4v) is 4.62. The van der Waals surface area contributed by atoms with Gasteiger partial charge in [0.25, 0.3) is 5.91 Å². The van der Waals surface area contributed by atoms with Crippen LogP contribution in [-0.4, -0.2) is 30.1 Å². The van der Waals surface area contributed by atoms with Crippen molar-refractivity contribution in [1.29, 1.82) is 0 Å². The fraction of sp³-hybridized carbons (Fsp3) is 0.273. The van der Waals surface area contributed by atoms with Crippen molar-refractivity contribution in [2.24, 2.45) is 0 Å². The molecule has 3 heterocycles. The maximum Gasteiger partial charge on any atom is 0.291 e. The van der Waals surface area contributed by atoms with Gasteiger partial charge in [0, 0.05) is 22.6 Å². The zero-order valence-electron chi connectivity index (χ0n) is 15.4. The quantitative estimate of drug-likeness (QED) is 0.540. The van der Waals surface area contributed by atoms with Crippen LogP contribution in [0.5, 0.6) is 0 Å². The monoisotopic (exact) mass is 473 g/mol. The van der Waals surface area contributed by atoms with Gasteiger partial charge in [0.05, 0.1) is 23.1 Å². The molecule has 0 spiro atoms. The lowest BCUT2D eigenvalue weighted by atomic mass is 9.98. The number of nitrogens with zero attached hydrogens (tertiary/aromatic N) is 1. The standard InChI is InChI=1S/C22H17BrClNO4/c23-13-5-3-12(4-6-13)19-18-20(26)16-10-14(24)7-8-17(16)29-21(18)22(27)25(19)11-15-2-1-9-28-15/h3-8,10,15,19H,1-2,9,11H2. The number of benzene rings is 2. The van der Waals surface area contributed by atoms with Crippen molar-refractivity contribution in [2.45, 2.75) is 25.0 Å². The molecule has 3 aromatic rings. The third-order valence-corrected chi connectivity index (χ3v) is 6.30. The van der Waals surface area contributed by atoms with Gasteiger partial charge in [0.1, 0.15) is 5.58 Å². The molecule has 0 N–H and O–H groups in total. The van der Waals surface area contributed by atoms with Gasteiger partial charge in [0.15, 0.2) is 5.43 Å². The SMILES string of the molecule is O=C1c2oc3ccc(Cl)cc3c(=O)c2C(c2ccc(Br)cc2)N1CC1CCCO1. The zero-order chi connectivity index (χ0) is 20.1. The first-order valence-electron chi connectivity index (χ1n) is 9.47. The molecular weight excluding hydrogens is 458 g/mol. The normalized spacial score (nSPS) is 21.2. The summed E-state index contributed by atoms with van der Waals surface area (Å²) in [6, 6.07) is 12.0. The average Bonchev–Trinajstić information content (AvgIpc) is 3.32. The summed E-state index contributed by atoms with van der Waals surface area (Å²) in [7, 11) is 0. The second-order valence-electron chi connectivity index (χ2n) is 7.36. The van der Waals surface area contributed by atoms with Crippen LogP contribution >= 0.6 is 27.5 Å². The molecule has 0 radical (unpaired) electrons. The Balaban J connectivity index is 1.71. The minimum Gasteiger partial charge on any atom is -0.450 e. The number of halogens is 2. The summed E-state index contributed by atoms with van der Waals surface area (Å²) < 4.78 is 12.6. The van der Waals surface area contributed by atoms with Crippen LogP contribution in [0.2, 0.25) is 5.02 Å². The molecule has 5 rings (SSSR count). The van der Waals surface area contributed by atoms with E-state index in [1.54, 1.807) is 23.1 Å². The van der Waals surface area contributed by atoms with Gasteiger partial charge in [-0.05, 0) is 48.7 Å². The van der Waals surface area contributed by atoms with Crippen LogP contribution in [0.1, 0.15) is 40.6 Å². The molecule has 2 aliphatic heterocycles. The molecule has 148 valence electrons. The maximum atomic E-state index is 13.4. The van der Waals surface area contributed by atoms with Crippen molar-refractivity contribution in [1.82, 2.24) is 4.90 Å². The Bertz CT molecular complexity index is 1170. The molecule has 0 bridgehead atoms. The van der Waals surface area contributed by atoms with Crippen molar-refractivity contribution in [3.8, 4) is 0 Å². The molecule has 1 amide bonds. The van der Waals surface area contributed by atoms with Gasteiger partial charge in [-0.15, -0.1) is 0 Å². The molecule has 2 aromatic carbocycles. The molecule has 0 saturated carbocycles. The van der Waals surface area contributed by atoms with E-state index in [-0.39, 0.29) is 23.2 Å². The molecule has 2 atom stereocenters. The summed E-state index contributed by atoms with van der Waals surface area (Å²) in [5, 5.41) is 0.829. The van der Waals surface area contributed by atoms with E-state index in [9.17, 15) is 9.59 Å². The van der Waals surface area contributed by atoms with Crippen LogP contribution in [0, 0.1) is 0 Å². The van der Waals surface area contributed by atoms with Crippen LogP contribution in [-0.2, 0) is 4.74 Å². The summed E-state index contributed by atoms with van der Waals surface area (Å²) in [5.41, 5.74) is 1.36. The topological polar surface area (TPSA) is 59.8 Å². The first kappa shape index (κ1) is 18.9. The van der Waals surface area contributed by atoms with E-state index in [1.807, 2.05) is 24.3 Å². The first-order chi connectivity index (χ1) is 14.0. The highest BCUT2D eigenvalue weighted by Crippen LogP contribution is 2.39. The summed E-state index contributed by atoms with van der Waals surface area (Å²) in [6.45, 7) is 1.11. The first-order valence-corrected chi connectivity index (χ1v) is 10.6. The molecule has 5 nitrogen and oxygen atoms in total. The number of amides is 1. The lowest BCUT2D eigenvalue weighted by Gasteiger charge is -2.27. The summed E-state index contributed by atoms with van der Waals surface area (Å²) in [5.74, 6) is -0.173. The largest absolute Gasteiger partial charge is 0.450 e. The number of carbonyl (C=O) groups is 1. The minimum absolute atomic E-state index is 0.0369. The van der Waals surface area contributed by atoms with Gasteiger partial charge in [0.2, 0.25) is 5.76 Å². The van der Waals surface area contributed by atoms with Crippen molar-refractivity contribution in [3.63, 3.8) is 0 Å². The molecule has 7 heteroatoms. The molecule has 29 heavy (non-hydrogen) atoms. The lowest BCUT2D eigenvalue weighted by molar-refractivity contribution is 0.0486. The second kappa shape index (κ2) is 7.27. The Labute approximate surface area is 180 Å². The van der Waals surface area contributed by atoms with E-state index in [1.165, 1.54) is 0 Å². The number of rotatable bonds is 3. The van der Waals surface area contributed by atoms with Gasteiger partial charge >= 0.3 is 0 Å². The lowest BCUT2D eigenvalue weighted by Crippen LogP contribution is -2.36. The molecular formula is C22H17BrClNO4. The Kier molecular flexibility index (Phi) is 4.73. The fourth-order valence-electron chi connectivity index (χ4n) is 4.18. The molecule has 2 unspecified atom stereocenters. The second-order valence-corrected chi connectivity index (χ2v) is 8.71. The third-order valence-electron chi connectivity index (χ3n) is 5.54. The van der Waals surface area contributed by atoms with Gasteiger partial charge in [-0.3, -0.25) is 9.59 Å². The van der Waals surface area contributed by atoms with E-state index < -0.39 is 6.04 Å². The number of fused-ring (bicyclic) bond motifs is 2. The minimum atomic E-state index is -0.519. The van der Waals surface area contributed by atoms with Crippen molar-refractivity contribution in [3.05, 3.63) is 79.1 Å². The van der Waals surface area contributed by atoms with Gasteiger partial charge in [-0.1, -0.05) is 39.7 Å². The van der Waals surface area contributed by atoms with E-state index in [0.29, 0.717) is 34.7 Å². The average molecular weight is 475 g/mol. The summed E-state index contributed by atoms with van der Waals surface area (Å²) >= 11 is 9.55. The molecule has 0 aliphatic carbocycles. The predicted molar refractivity (Wildman–Crippen MR) is 113 cm³/mol. The highest BCUT2D eigenvalue weighted by Gasteiger charge is 2.43. The maximum absolute atomic E-state index is 13.4. The molecule has 1 fully saturated rings.